The lowest BCUT2D eigenvalue weighted by atomic mass is 10.0. The van der Waals surface area contributed by atoms with Gasteiger partial charge in [0.2, 0.25) is 0 Å². The summed E-state index contributed by atoms with van der Waals surface area (Å²) in [7, 11) is 5.50. The highest BCUT2D eigenvalue weighted by molar-refractivity contribution is 6.34. The smallest absolute Gasteiger partial charge is 0.266 e. The molecule has 0 bridgehead atoms. The Kier molecular flexibility index (Phi) is 7.36. The summed E-state index contributed by atoms with van der Waals surface area (Å²) >= 11 is 0. The Morgan fingerprint density at radius 3 is 2.17 bits per heavy atom. The van der Waals surface area contributed by atoms with Gasteiger partial charge < -0.3 is 19.7 Å². The van der Waals surface area contributed by atoms with E-state index in [2.05, 4.69) is 5.32 Å². The fraction of sp³-hybridized carbons (Fsp3) is 0.250. The van der Waals surface area contributed by atoms with Crippen LogP contribution in [0.25, 0.3) is 0 Å². The number of hydrogen-bond donors (Lipinski definition) is 1. The summed E-state index contributed by atoms with van der Waals surface area (Å²) in [5.74, 6) is 0.217. The minimum atomic E-state index is -0.460. The topological polar surface area (TPSA) is 88.2 Å². The molecule has 4 rings (SSSR count). The van der Waals surface area contributed by atoms with Crippen LogP contribution < -0.4 is 19.7 Å². The third-order valence-corrected chi connectivity index (χ3v) is 6.13. The maximum Gasteiger partial charge on any atom is 0.266 e. The molecule has 0 fully saturated rings. The monoisotopic (exact) mass is 487 g/mol. The third-order valence-electron chi connectivity index (χ3n) is 6.13. The summed E-state index contributed by atoms with van der Waals surface area (Å²) < 4.78 is 10.7. The van der Waals surface area contributed by atoms with Crippen LogP contribution in [0, 0.1) is 0 Å². The van der Waals surface area contributed by atoms with Crippen molar-refractivity contribution in [3.05, 3.63) is 89.0 Å². The molecule has 3 aromatic rings. The first-order valence-electron chi connectivity index (χ1n) is 11.7. The van der Waals surface area contributed by atoms with E-state index in [-0.39, 0.29) is 23.1 Å². The molecule has 0 saturated carbocycles. The summed E-state index contributed by atoms with van der Waals surface area (Å²) in [6.07, 6.45) is 0. The van der Waals surface area contributed by atoms with Crippen LogP contribution in [0.1, 0.15) is 49.6 Å². The standard InChI is InChI=1S/C28H29N3O5/c1-5-36-22-13-9-20(10-14-22)31-27(33)23-15-8-19(16-24(23)28(31)34)26(32)29-17-25(30(2)3)18-6-11-21(35-4)12-7-18/h6-16,25H,5,17H2,1-4H3,(H,29,32). The van der Waals surface area contributed by atoms with Gasteiger partial charge in [0.1, 0.15) is 11.5 Å². The number of amides is 3. The Hall–Kier alpha value is -4.17. The van der Waals surface area contributed by atoms with Crippen LogP contribution in [0.15, 0.2) is 66.7 Å². The summed E-state index contributed by atoms with van der Waals surface area (Å²) in [6.45, 7) is 2.76. The Morgan fingerprint density at radius 2 is 1.56 bits per heavy atom. The van der Waals surface area contributed by atoms with Gasteiger partial charge in [-0.25, -0.2) is 4.90 Å². The number of likely N-dealkylation sites (N-methyl/N-ethyl adjacent to an activating group) is 1. The van der Waals surface area contributed by atoms with Crippen molar-refractivity contribution in [3.63, 3.8) is 0 Å². The second-order valence-corrected chi connectivity index (χ2v) is 8.60. The fourth-order valence-electron chi connectivity index (χ4n) is 4.19. The molecule has 0 aromatic heterocycles. The Morgan fingerprint density at radius 1 is 0.917 bits per heavy atom. The first-order chi connectivity index (χ1) is 17.3. The van der Waals surface area contributed by atoms with Gasteiger partial charge in [0.05, 0.1) is 36.6 Å². The van der Waals surface area contributed by atoms with E-state index in [1.165, 1.54) is 12.1 Å². The average Bonchev–Trinajstić information content (AvgIpc) is 3.14. The molecule has 1 aliphatic rings. The zero-order valence-electron chi connectivity index (χ0n) is 20.8. The van der Waals surface area contributed by atoms with Crippen molar-refractivity contribution in [1.29, 1.82) is 0 Å². The summed E-state index contributed by atoms with van der Waals surface area (Å²) in [6, 6.07) is 19.0. The molecule has 0 saturated heterocycles. The zero-order valence-corrected chi connectivity index (χ0v) is 20.8. The zero-order chi connectivity index (χ0) is 25.8. The maximum absolute atomic E-state index is 13.1. The van der Waals surface area contributed by atoms with Gasteiger partial charge in [-0.2, -0.15) is 0 Å². The third kappa shape index (κ3) is 4.94. The number of anilines is 1. The van der Waals surface area contributed by atoms with Gasteiger partial charge in [-0.3, -0.25) is 14.4 Å². The number of benzene rings is 3. The van der Waals surface area contributed by atoms with E-state index in [1.54, 1.807) is 37.4 Å². The lowest BCUT2D eigenvalue weighted by Gasteiger charge is -2.25. The van der Waals surface area contributed by atoms with Crippen molar-refractivity contribution < 1.29 is 23.9 Å². The van der Waals surface area contributed by atoms with Crippen LogP contribution in [0.5, 0.6) is 11.5 Å². The van der Waals surface area contributed by atoms with Gasteiger partial charge in [-0.05, 0) is 81.2 Å². The van der Waals surface area contributed by atoms with Gasteiger partial charge in [0, 0.05) is 12.1 Å². The minimum absolute atomic E-state index is 0.0624. The second-order valence-electron chi connectivity index (χ2n) is 8.60. The largest absolute Gasteiger partial charge is 0.497 e. The molecule has 8 nitrogen and oxygen atoms in total. The molecule has 3 amide bonds. The van der Waals surface area contributed by atoms with Crippen molar-refractivity contribution in [1.82, 2.24) is 10.2 Å². The Balaban J connectivity index is 1.49. The molecular formula is C28H29N3O5. The summed E-state index contributed by atoms with van der Waals surface area (Å²) in [5.41, 5.74) is 2.28. The van der Waals surface area contributed by atoms with E-state index in [1.807, 2.05) is 50.2 Å². The van der Waals surface area contributed by atoms with Gasteiger partial charge in [0.25, 0.3) is 17.7 Å². The van der Waals surface area contributed by atoms with Crippen LogP contribution in [-0.4, -0.2) is 57.0 Å². The van der Waals surface area contributed by atoms with Crippen LogP contribution >= 0.6 is 0 Å². The number of imide groups is 1. The second kappa shape index (κ2) is 10.6. The summed E-state index contributed by atoms with van der Waals surface area (Å²) in [5, 5.41) is 2.95. The Labute approximate surface area is 210 Å². The Bertz CT molecular complexity index is 1270. The number of carbonyl (C=O) groups is 3. The normalized spacial score (nSPS) is 13.5. The molecule has 1 atom stereocenters. The summed E-state index contributed by atoms with van der Waals surface area (Å²) in [4.78, 5) is 42.2. The number of hydrogen-bond acceptors (Lipinski definition) is 6. The maximum atomic E-state index is 13.1. The number of nitrogens with one attached hydrogen (secondary N) is 1. The van der Waals surface area contributed by atoms with Crippen LogP contribution in [0.3, 0.4) is 0 Å². The van der Waals surface area contributed by atoms with E-state index in [4.69, 9.17) is 9.47 Å². The number of rotatable bonds is 9. The highest BCUT2D eigenvalue weighted by Crippen LogP contribution is 2.30. The minimum Gasteiger partial charge on any atom is -0.497 e. The average molecular weight is 488 g/mol. The van der Waals surface area contributed by atoms with Crippen molar-refractivity contribution in [2.24, 2.45) is 0 Å². The van der Waals surface area contributed by atoms with Gasteiger partial charge in [-0.15, -0.1) is 0 Å². The molecule has 0 radical (unpaired) electrons. The fourth-order valence-corrected chi connectivity index (χ4v) is 4.19. The predicted octanol–water partition coefficient (Wildman–Crippen LogP) is 3.93. The molecule has 0 spiro atoms. The van der Waals surface area contributed by atoms with Crippen molar-refractivity contribution in [2.75, 3.05) is 39.3 Å². The SMILES string of the molecule is CCOc1ccc(N2C(=O)c3ccc(C(=O)NCC(c4ccc(OC)cc4)N(C)C)cc3C2=O)cc1. The van der Waals surface area contributed by atoms with E-state index >= 15 is 0 Å². The molecular weight excluding hydrogens is 458 g/mol. The van der Waals surface area contributed by atoms with Crippen molar-refractivity contribution in [3.8, 4) is 11.5 Å². The molecule has 1 heterocycles. The van der Waals surface area contributed by atoms with E-state index in [0.717, 1.165) is 16.2 Å². The highest BCUT2D eigenvalue weighted by Gasteiger charge is 2.37. The quantitative estimate of drug-likeness (QED) is 0.460. The molecule has 1 unspecified atom stereocenters. The molecule has 36 heavy (non-hydrogen) atoms. The van der Waals surface area contributed by atoms with E-state index in [0.29, 0.717) is 30.2 Å². The van der Waals surface area contributed by atoms with E-state index < -0.39 is 11.8 Å². The van der Waals surface area contributed by atoms with Crippen LogP contribution in [0.4, 0.5) is 5.69 Å². The molecule has 3 aromatic carbocycles. The van der Waals surface area contributed by atoms with Gasteiger partial charge >= 0.3 is 0 Å². The molecule has 1 aliphatic heterocycles. The molecule has 0 aliphatic carbocycles. The number of methoxy groups -OCH3 is 1. The van der Waals surface area contributed by atoms with Gasteiger partial charge in [-0.1, -0.05) is 12.1 Å². The molecule has 8 heteroatoms. The van der Waals surface area contributed by atoms with E-state index in [9.17, 15) is 14.4 Å². The number of carbonyl (C=O) groups excluding carboxylic acids is 3. The molecule has 186 valence electrons. The highest BCUT2D eigenvalue weighted by atomic mass is 16.5. The number of ether oxygens (including phenoxy) is 2. The predicted molar refractivity (Wildman–Crippen MR) is 137 cm³/mol. The molecule has 1 N–H and O–H groups in total. The van der Waals surface area contributed by atoms with Gasteiger partial charge in [0.15, 0.2) is 0 Å². The lowest BCUT2D eigenvalue weighted by Crippen LogP contribution is -2.34. The van der Waals surface area contributed by atoms with Crippen molar-refractivity contribution >= 4 is 23.4 Å². The number of fused-ring (bicyclic) bond motifs is 1. The number of nitrogens with zero attached hydrogens (tertiary/aromatic N) is 2. The lowest BCUT2D eigenvalue weighted by molar-refractivity contribution is 0.0922. The first-order valence-corrected chi connectivity index (χ1v) is 11.7. The first kappa shape index (κ1) is 24.9. The van der Waals surface area contributed by atoms with Crippen LogP contribution in [0.2, 0.25) is 0 Å². The van der Waals surface area contributed by atoms with Crippen LogP contribution in [-0.2, 0) is 0 Å². The van der Waals surface area contributed by atoms with Crippen molar-refractivity contribution in [2.45, 2.75) is 13.0 Å².